The van der Waals surface area contributed by atoms with Gasteiger partial charge in [-0.05, 0) is 55.2 Å². The second kappa shape index (κ2) is 9.68. The predicted molar refractivity (Wildman–Crippen MR) is 106 cm³/mol. The summed E-state index contributed by atoms with van der Waals surface area (Å²) in [5.41, 5.74) is 2.42. The lowest BCUT2D eigenvalue weighted by molar-refractivity contribution is 0.103. The number of halogens is 1. The number of carbonyl (C=O) groups excluding carboxylic acids is 1. The second-order valence-electron chi connectivity index (χ2n) is 5.36. The molecule has 0 fully saturated rings. The zero-order valence-corrected chi connectivity index (χ0v) is 16.2. The van der Waals surface area contributed by atoms with Gasteiger partial charge in [0.05, 0.1) is 7.11 Å². The van der Waals surface area contributed by atoms with Crippen LogP contribution in [0.25, 0.3) is 0 Å². The standard InChI is InChI=1S/C20H21FO2S2/c1-23-17-6-4-5-15(13-17)19(22)18(20(24-2)25-3)12-9-14-7-10-16(21)11-8-14/h4-8,10-11,13H,9,12H2,1-3H3. The number of carbonyl (C=O) groups is 1. The number of hydrogen-bond donors (Lipinski definition) is 0. The zero-order chi connectivity index (χ0) is 18.2. The van der Waals surface area contributed by atoms with Crippen LogP contribution in [0.2, 0.25) is 0 Å². The third kappa shape index (κ3) is 5.38. The van der Waals surface area contributed by atoms with Crippen molar-refractivity contribution in [1.29, 1.82) is 0 Å². The number of rotatable bonds is 8. The van der Waals surface area contributed by atoms with Gasteiger partial charge < -0.3 is 4.74 Å². The number of benzene rings is 2. The maximum absolute atomic E-state index is 13.1. The highest BCUT2D eigenvalue weighted by Gasteiger charge is 2.17. The van der Waals surface area contributed by atoms with Gasteiger partial charge in [-0.25, -0.2) is 4.39 Å². The van der Waals surface area contributed by atoms with Crippen LogP contribution >= 0.6 is 23.5 Å². The first kappa shape index (κ1) is 19.6. The normalized spacial score (nSPS) is 10.4. The first-order valence-electron chi connectivity index (χ1n) is 7.83. The molecule has 5 heteroatoms. The molecule has 0 unspecified atom stereocenters. The molecule has 2 rings (SSSR count). The fraction of sp³-hybridized carbons (Fsp3) is 0.250. The van der Waals surface area contributed by atoms with E-state index in [0.717, 1.165) is 15.4 Å². The molecule has 0 radical (unpaired) electrons. The molecule has 0 aliphatic rings. The van der Waals surface area contributed by atoms with E-state index in [4.69, 9.17) is 4.74 Å². The molecule has 0 aliphatic heterocycles. The fourth-order valence-corrected chi connectivity index (χ4v) is 4.05. The SMILES string of the molecule is COc1cccc(C(=O)C(CCc2ccc(F)cc2)=C(SC)SC)c1. The molecule has 132 valence electrons. The van der Waals surface area contributed by atoms with E-state index in [2.05, 4.69) is 0 Å². The maximum Gasteiger partial charge on any atom is 0.190 e. The summed E-state index contributed by atoms with van der Waals surface area (Å²) in [5, 5.41) is 0. The Hall–Kier alpha value is -1.72. The summed E-state index contributed by atoms with van der Waals surface area (Å²) in [6, 6.07) is 13.6. The van der Waals surface area contributed by atoms with Gasteiger partial charge >= 0.3 is 0 Å². The molecule has 2 aromatic rings. The molecule has 25 heavy (non-hydrogen) atoms. The van der Waals surface area contributed by atoms with Crippen LogP contribution in [-0.4, -0.2) is 25.4 Å². The van der Waals surface area contributed by atoms with E-state index in [1.807, 2.05) is 24.6 Å². The van der Waals surface area contributed by atoms with E-state index in [0.29, 0.717) is 24.2 Å². The summed E-state index contributed by atoms with van der Waals surface area (Å²) in [6.45, 7) is 0. The molecule has 0 saturated heterocycles. The lowest BCUT2D eigenvalue weighted by atomic mass is 9.98. The summed E-state index contributed by atoms with van der Waals surface area (Å²) >= 11 is 3.16. The minimum Gasteiger partial charge on any atom is -0.497 e. The largest absolute Gasteiger partial charge is 0.497 e. The van der Waals surface area contributed by atoms with E-state index in [1.54, 1.807) is 54.9 Å². The van der Waals surface area contributed by atoms with Gasteiger partial charge in [0, 0.05) is 15.4 Å². The predicted octanol–water partition coefficient (Wildman–Crippen LogP) is 5.59. The number of hydrogen-bond acceptors (Lipinski definition) is 4. The van der Waals surface area contributed by atoms with E-state index in [1.165, 1.54) is 12.1 Å². The molecule has 0 amide bonds. The van der Waals surface area contributed by atoms with Crippen molar-refractivity contribution < 1.29 is 13.9 Å². The number of thioether (sulfide) groups is 2. The number of methoxy groups -OCH3 is 1. The maximum atomic E-state index is 13.1. The molecule has 0 saturated carbocycles. The molecular weight excluding hydrogens is 355 g/mol. The number of ketones is 1. The summed E-state index contributed by atoms with van der Waals surface area (Å²) in [7, 11) is 1.59. The highest BCUT2D eigenvalue weighted by molar-refractivity contribution is 8.21. The Morgan fingerprint density at radius 1 is 1.08 bits per heavy atom. The molecule has 0 atom stereocenters. The van der Waals surface area contributed by atoms with Crippen molar-refractivity contribution in [3.8, 4) is 5.75 Å². The smallest absolute Gasteiger partial charge is 0.190 e. The number of Topliss-reactive ketones (excluding diaryl/α,β-unsaturated/α-hetero) is 1. The van der Waals surface area contributed by atoms with Crippen LogP contribution in [0.3, 0.4) is 0 Å². The highest BCUT2D eigenvalue weighted by Crippen LogP contribution is 2.32. The number of aryl methyl sites for hydroxylation is 1. The molecule has 0 aromatic heterocycles. The Morgan fingerprint density at radius 2 is 1.76 bits per heavy atom. The Bertz CT molecular complexity index is 749. The minimum absolute atomic E-state index is 0.0136. The molecule has 0 N–H and O–H groups in total. The Labute approximate surface area is 156 Å². The average molecular weight is 377 g/mol. The lowest BCUT2D eigenvalue weighted by Crippen LogP contribution is -2.07. The van der Waals surface area contributed by atoms with Crippen LogP contribution in [-0.2, 0) is 6.42 Å². The van der Waals surface area contributed by atoms with Gasteiger partial charge in [-0.1, -0.05) is 24.3 Å². The zero-order valence-electron chi connectivity index (χ0n) is 14.5. The monoisotopic (exact) mass is 376 g/mol. The topological polar surface area (TPSA) is 26.3 Å². The molecule has 2 aromatic carbocycles. The number of allylic oxidation sites excluding steroid dienone is 1. The van der Waals surface area contributed by atoms with Crippen molar-refractivity contribution in [3.63, 3.8) is 0 Å². The van der Waals surface area contributed by atoms with Crippen molar-refractivity contribution in [2.24, 2.45) is 0 Å². The second-order valence-corrected chi connectivity index (χ2v) is 7.25. The van der Waals surface area contributed by atoms with Crippen LogP contribution < -0.4 is 4.74 Å². The highest BCUT2D eigenvalue weighted by atomic mass is 32.2. The van der Waals surface area contributed by atoms with E-state index in [9.17, 15) is 9.18 Å². The fourth-order valence-electron chi connectivity index (χ4n) is 2.50. The first-order valence-corrected chi connectivity index (χ1v) is 10.3. The van der Waals surface area contributed by atoms with Gasteiger partial charge in [0.25, 0.3) is 0 Å². The van der Waals surface area contributed by atoms with Crippen LogP contribution in [0.1, 0.15) is 22.3 Å². The van der Waals surface area contributed by atoms with Crippen molar-refractivity contribution in [1.82, 2.24) is 0 Å². The first-order chi connectivity index (χ1) is 12.1. The van der Waals surface area contributed by atoms with Crippen molar-refractivity contribution in [2.75, 3.05) is 19.6 Å². The van der Waals surface area contributed by atoms with Crippen LogP contribution in [0, 0.1) is 5.82 Å². The Morgan fingerprint density at radius 3 is 2.36 bits per heavy atom. The molecular formula is C20H21FO2S2. The molecule has 0 bridgehead atoms. The molecule has 0 aliphatic carbocycles. The number of ether oxygens (including phenoxy) is 1. The van der Waals surface area contributed by atoms with E-state index < -0.39 is 0 Å². The van der Waals surface area contributed by atoms with Gasteiger partial charge in [-0.3, -0.25) is 4.79 Å². The quantitative estimate of drug-likeness (QED) is 0.443. The molecule has 0 heterocycles. The van der Waals surface area contributed by atoms with Gasteiger partial charge in [0.1, 0.15) is 11.6 Å². The van der Waals surface area contributed by atoms with Gasteiger partial charge in [0.15, 0.2) is 5.78 Å². The third-order valence-corrected chi connectivity index (χ3v) is 6.03. The average Bonchev–Trinajstić information content (AvgIpc) is 2.66. The molecule has 0 spiro atoms. The summed E-state index contributed by atoms with van der Waals surface area (Å²) in [5.74, 6) is 0.430. The van der Waals surface area contributed by atoms with Crippen molar-refractivity contribution >= 4 is 29.3 Å². The van der Waals surface area contributed by atoms with Crippen molar-refractivity contribution in [3.05, 3.63) is 75.3 Å². The Balaban J connectivity index is 2.27. The van der Waals surface area contributed by atoms with Crippen LogP contribution in [0.5, 0.6) is 5.75 Å². The van der Waals surface area contributed by atoms with E-state index in [-0.39, 0.29) is 11.6 Å². The summed E-state index contributed by atoms with van der Waals surface area (Å²) in [4.78, 5) is 13.0. The summed E-state index contributed by atoms with van der Waals surface area (Å²) < 4.78 is 19.3. The van der Waals surface area contributed by atoms with Gasteiger partial charge in [-0.2, -0.15) is 0 Å². The minimum atomic E-state index is -0.249. The van der Waals surface area contributed by atoms with E-state index >= 15 is 0 Å². The van der Waals surface area contributed by atoms with Crippen molar-refractivity contribution in [2.45, 2.75) is 12.8 Å². The molecule has 2 nitrogen and oxygen atoms in total. The third-order valence-electron chi connectivity index (χ3n) is 3.80. The van der Waals surface area contributed by atoms with Crippen LogP contribution in [0.4, 0.5) is 4.39 Å². The Kier molecular flexibility index (Phi) is 7.59. The van der Waals surface area contributed by atoms with Gasteiger partial charge in [-0.15, -0.1) is 23.5 Å². The van der Waals surface area contributed by atoms with Gasteiger partial charge in [0.2, 0.25) is 0 Å². The summed E-state index contributed by atoms with van der Waals surface area (Å²) in [6.07, 6.45) is 5.25. The van der Waals surface area contributed by atoms with Crippen LogP contribution in [0.15, 0.2) is 58.3 Å². The lowest BCUT2D eigenvalue weighted by Gasteiger charge is -2.12.